The third-order valence-corrected chi connectivity index (χ3v) is 4.58. The van der Waals surface area contributed by atoms with Gasteiger partial charge in [0, 0.05) is 10.0 Å². The number of rotatable bonds is 3. The lowest BCUT2D eigenvalue weighted by atomic mass is 10.2. The predicted molar refractivity (Wildman–Crippen MR) is 102 cm³/mol. The number of nitrogens with zero attached hydrogens (tertiary/aromatic N) is 1. The molecule has 0 atom stereocenters. The number of aliphatic imine (C=N–C) groups is 1. The number of methoxy groups -OCH3 is 1. The highest BCUT2D eigenvalue weighted by Gasteiger charge is 2.24. The highest BCUT2D eigenvalue weighted by molar-refractivity contribution is 8.18. The van der Waals surface area contributed by atoms with Crippen LogP contribution in [0.2, 0.25) is 10.0 Å². The molecule has 128 valence electrons. The Hall–Kier alpha value is -2.15. The van der Waals surface area contributed by atoms with E-state index in [4.69, 9.17) is 27.9 Å². The van der Waals surface area contributed by atoms with Gasteiger partial charge < -0.3 is 15.2 Å². The fraction of sp³-hybridized carbons (Fsp3) is 0.0588. The van der Waals surface area contributed by atoms with E-state index >= 15 is 0 Å². The Bertz CT molecular complexity index is 893. The lowest BCUT2D eigenvalue weighted by Gasteiger charge is -2.03. The molecule has 0 bridgehead atoms. The number of phenols is 1. The maximum absolute atomic E-state index is 12.1. The molecule has 0 radical (unpaired) electrons. The van der Waals surface area contributed by atoms with Crippen LogP contribution in [0.1, 0.15) is 5.56 Å². The van der Waals surface area contributed by atoms with E-state index in [-0.39, 0.29) is 11.7 Å². The second kappa shape index (κ2) is 7.39. The van der Waals surface area contributed by atoms with Gasteiger partial charge in [-0.25, -0.2) is 4.99 Å². The number of phenolic OH excluding ortho intramolecular Hbond substituents is 1. The van der Waals surface area contributed by atoms with Crippen molar-refractivity contribution >= 4 is 57.8 Å². The topological polar surface area (TPSA) is 70.9 Å². The van der Waals surface area contributed by atoms with Crippen molar-refractivity contribution < 1.29 is 14.6 Å². The monoisotopic (exact) mass is 394 g/mol. The first-order valence-corrected chi connectivity index (χ1v) is 8.64. The summed E-state index contributed by atoms with van der Waals surface area (Å²) in [6.07, 6.45) is 1.69. The van der Waals surface area contributed by atoms with Crippen LogP contribution in [-0.2, 0) is 4.79 Å². The fourth-order valence-corrected chi connectivity index (χ4v) is 3.49. The first-order chi connectivity index (χ1) is 11.9. The molecule has 0 aromatic heterocycles. The summed E-state index contributed by atoms with van der Waals surface area (Å²) in [6.45, 7) is 0. The number of amides is 1. The molecule has 3 rings (SSSR count). The van der Waals surface area contributed by atoms with Gasteiger partial charge in [-0.1, -0.05) is 29.3 Å². The number of nitrogens with one attached hydrogen (secondary N) is 1. The molecule has 1 fully saturated rings. The molecule has 5 nitrogen and oxygen atoms in total. The van der Waals surface area contributed by atoms with Gasteiger partial charge in [-0.3, -0.25) is 4.79 Å². The summed E-state index contributed by atoms with van der Waals surface area (Å²) in [6, 6.07) is 9.74. The van der Waals surface area contributed by atoms with Crippen LogP contribution in [0.15, 0.2) is 46.3 Å². The number of hydrogen-bond acceptors (Lipinski definition) is 5. The molecular formula is C17H12Cl2N2O3S. The summed E-state index contributed by atoms with van der Waals surface area (Å²) in [7, 11) is 1.46. The van der Waals surface area contributed by atoms with Crippen molar-refractivity contribution in [1.29, 1.82) is 0 Å². The minimum absolute atomic E-state index is 0.0354. The molecule has 1 heterocycles. The molecule has 25 heavy (non-hydrogen) atoms. The minimum Gasteiger partial charge on any atom is -0.504 e. The molecule has 2 aromatic rings. The van der Waals surface area contributed by atoms with E-state index in [1.165, 1.54) is 24.9 Å². The molecule has 0 saturated carbocycles. The Kier molecular flexibility index (Phi) is 5.22. The van der Waals surface area contributed by atoms with E-state index in [1.54, 1.807) is 36.4 Å². The van der Waals surface area contributed by atoms with Crippen LogP contribution in [-0.4, -0.2) is 23.3 Å². The molecule has 1 saturated heterocycles. The van der Waals surface area contributed by atoms with Crippen molar-refractivity contribution in [2.45, 2.75) is 0 Å². The zero-order valence-corrected chi connectivity index (χ0v) is 15.2. The number of benzene rings is 2. The molecule has 0 aliphatic carbocycles. The van der Waals surface area contributed by atoms with Crippen LogP contribution in [0.25, 0.3) is 6.08 Å². The number of carbonyl (C=O) groups excluding carboxylic acids is 1. The summed E-state index contributed by atoms with van der Waals surface area (Å²) in [5.74, 6) is 0.109. The van der Waals surface area contributed by atoms with Gasteiger partial charge in [-0.05, 0) is 53.7 Å². The van der Waals surface area contributed by atoms with Gasteiger partial charge in [-0.2, -0.15) is 0 Å². The van der Waals surface area contributed by atoms with Crippen LogP contribution >= 0.6 is 35.0 Å². The molecule has 2 N–H and O–H groups in total. The highest BCUT2D eigenvalue weighted by atomic mass is 35.5. The van der Waals surface area contributed by atoms with Crippen molar-refractivity contribution in [2.75, 3.05) is 7.11 Å². The summed E-state index contributed by atoms with van der Waals surface area (Å²) in [5, 5.41) is 13.7. The normalized spacial score (nSPS) is 17.2. The second-order valence-corrected chi connectivity index (χ2v) is 6.94. The molecule has 2 aromatic carbocycles. The quantitative estimate of drug-likeness (QED) is 0.746. The van der Waals surface area contributed by atoms with Crippen molar-refractivity contribution in [3.8, 4) is 11.5 Å². The average molecular weight is 395 g/mol. The fourth-order valence-electron chi connectivity index (χ4n) is 2.14. The number of halogens is 2. The standard InChI is InChI=1S/C17H12Cl2N2O3S/c1-24-14-4-9(2-3-13(14)22)5-15-16(23)21-17(25-15)20-12-7-10(18)6-11(19)8-12/h2-8,22H,1H3,(H,20,21,23). The van der Waals surface area contributed by atoms with Gasteiger partial charge in [0.25, 0.3) is 5.91 Å². The van der Waals surface area contributed by atoms with Gasteiger partial charge >= 0.3 is 0 Å². The number of thioether (sulfide) groups is 1. The molecule has 1 aliphatic heterocycles. The number of carbonyl (C=O) groups is 1. The first kappa shape index (κ1) is 17.7. The largest absolute Gasteiger partial charge is 0.504 e. The summed E-state index contributed by atoms with van der Waals surface area (Å²) < 4.78 is 5.06. The SMILES string of the molecule is COc1cc(C=C2SC(=Nc3cc(Cl)cc(Cl)c3)NC2=O)ccc1O. The Morgan fingerprint density at radius 3 is 2.60 bits per heavy atom. The Morgan fingerprint density at radius 1 is 1.20 bits per heavy atom. The summed E-state index contributed by atoms with van der Waals surface area (Å²) in [5.41, 5.74) is 1.27. The van der Waals surface area contributed by atoms with Crippen LogP contribution in [0.3, 0.4) is 0 Å². The van der Waals surface area contributed by atoms with E-state index in [1.807, 2.05) is 0 Å². The Balaban J connectivity index is 1.86. The van der Waals surface area contributed by atoms with E-state index in [2.05, 4.69) is 10.3 Å². The highest BCUT2D eigenvalue weighted by Crippen LogP contribution is 2.32. The first-order valence-electron chi connectivity index (χ1n) is 7.07. The average Bonchev–Trinajstić information content (AvgIpc) is 2.87. The predicted octanol–water partition coefficient (Wildman–Crippen LogP) is 4.60. The molecule has 8 heteroatoms. The Morgan fingerprint density at radius 2 is 1.92 bits per heavy atom. The minimum atomic E-state index is -0.260. The number of aromatic hydroxyl groups is 1. The number of hydrogen-bond donors (Lipinski definition) is 2. The molecule has 0 spiro atoms. The zero-order chi connectivity index (χ0) is 18.0. The molecule has 1 aliphatic rings. The van der Waals surface area contributed by atoms with Crippen LogP contribution in [0.4, 0.5) is 5.69 Å². The van der Waals surface area contributed by atoms with Crippen molar-refractivity contribution in [3.63, 3.8) is 0 Å². The number of amidine groups is 1. The van der Waals surface area contributed by atoms with Gasteiger partial charge in [0.05, 0.1) is 17.7 Å². The Labute approximate surface area is 158 Å². The maximum atomic E-state index is 12.1. The van der Waals surface area contributed by atoms with Crippen molar-refractivity contribution in [3.05, 3.63) is 56.9 Å². The third kappa shape index (κ3) is 4.28. The zero-order valence-electron chi connectivity index (χ0n) is 12.9. The van der Waals surface area contributed by atoms with Crippen molar-refractivity contribution in [2.24, 2.45) is 4.99 Å². The van der Waals surface area contributed by atoms with E-state index < -0.39 is 0 Å². The summed E-state index contributed by atoms with van der Waals surface area (Å²) in [4.78, 5) is 16.9. The smallest absolute Gasteiger partial charge is 0.264 e. The van der Waals surface area contributed by atoms with Gasteiger partial charge in [0.1, 0.15) is 0 Å². The van der Waals surface area contributed by atoms with Gasteiger partial charge in [-0.15, -0.1) is 0 Å². The number of ether oxygens (including phenoxy) is 1. The van der Waals surface area contributed by atoms with E-state index in [0.717, 1.165) is 5.56 Å². The van der Waals surface area contributed by atoms with Crippen LogP contribution in [0, 0.1) is 0 Å². The van der Waals surface area contributed by atoms with Crippen LogP contribution < -0.4 is 10.1 Å². The van der Waals surface area contributed by atoms with E-state index in [0.29, 0.717) is 31.6 Å². The van der Waals surface area contributed by atoms with Crippen LogP contribution in [0.5, 0.6) is 11.5 Å². The maximum Gasteiger partial charge on any atom is 0.264 e. The molecule has 1 amide bonds. The second-order valence-electron chi connectivity index (χ2n) is 5.04. The lowest BCUT2D eigenvalue weighted by Crippen LogP contribution is -2.19. The molecular weight excluding hydrogens is 383 g/mol. The van der Waals surface area contributed by atoms with Gasteiger partial charge in [0.2, 0.25) is 0 Å². The third-order valence-electron chi connectivity index (χ3n) is 3.23. The summed E-state index contributed by atoms with van der Waals surface area (Å²) >= 11 is 13.1. The lowest BCUT2D eigenvalue weighted by molar-refractivity contribution is -0.115. The van der Waals surface area contributed by atoms with Gasteiger partial charge in [0.15, 0.2) is 16.7 Å². The van der Waals surface area contributed by atoms with Crippen molar-refractivity contribution in [1.82, 2.24) is 5.32 Å². The molecule has 0 unspecified atom stereocenters. The van der Waals surface area contributed by atoms with E-state index in [9.17, 15) is 9.90 Å².